The molecule has 3 aromatic rings. The summed E-state index contributed by atoms with van der Waals surface area (Å²) in [7, 11) is 0. The van der Waals surface area contributed by atoms with Crippen molar-refractivity contribution in [3.8, 4) is 22.6 Å². The Bertz CT molecular complexity index is 1220. The summed E-state index contributed by atoms with van der Waals surface area (Å²) in [5.74, 6) is 0.151. The average Bonchev–Trinajstić information content (AvgIpc) is 3.05. The van der Waals surface area contributed by atoms with Gasteiger partial charge in [0.25, 0.3) is 0 Å². The number of carbonyl (C=O) groups excluding carboxylic acids is 2. The quantitative estimate of drug-likeness (QED) is 0.0688. The number of carbonyl (C=O) groups is 2. The van der Waals surface area contributed by atoms with Gasteiger partial charge in [0.05, 0.1) is 17.7 Å². The monoisotopic (exact) mass is 604 g/mol. The van der Waals surface area contributed by atoms with Gasteiger partial charge in [0.2, 0.25) is 0 Å². The molecule has 0 saturated heterocycles. The molecule has 0 amide bonds. The van der Waals surface area contributed by atoms with Gasteiger partial charge >= 0.3 is 11.9 Å². The van der Waals surface area contributed by atoms with Gasteiger partial charge in [0.1, 0.15) is 24.3 Å². The number of esters is 2. The number of rotatable bonds is 21. The predicted molar refractivity (Wildman–Crippen MR) is 175 cm³/mol. The van der Waals surface area contributed by atoms with Gasteiger partial charge < -0.3 is 14.2 Å². The normalized spacial score (nSPS) is 11.6. The summed E-state index contributed by atoms with van der Waals surface area (Å²) in [5, 5.41) is 0. The van der Waals surface area contributed by atoms with E-state index >= 15 is 0 Å². The van der Waals surface area contributed by atoms with Crippen LogP contribution < -0.4 is 9.47 Å². The smallest absolute Gasteiger partial charge is 0.343 e. The Morgan fingerprint density at radius 3 is 1.68 bits per heavy atom. The van der Waals surface area contributed by atoms with Crippen LogP contribution in [-0.4, -0.2) is 31.3 Å². The Balaban J connectivity index is 1.39. The van der Waals surface area contributed by atoms with E-state index in [2.05, 4.69) is 13.8 Å². The number of halogens is 1. The van der Waals surface area contributed by atoms with Crippen molar-refractivity contribution in [3.05, 3.63) is 83.9 Å². The van der Waals surface area contributed by atoms with Crippen molar-refractivity contribution >= 4 is 11.9 Å². The molecule has 44 heavy (non-hydrogen) atoms. The number of ether oxygens (including phenoxy) is 3. The largest absolute Gasteiger partial charge is 0.491 e. The zero-order chi connectivity index (χ0) is 31.4. The van der Waals surface area contributed by atoms with Crippen molar-refractivity contribution in [2.45, 2.75) is 103 Å². The number of alkyl halides is 1. The third-order valence-electron chi connectivity index (χ3n) is 7.64. The maximum absolute atomic E-state index is 14.0. The first-order valence-electron chi connectivity index (χ1n) is 16.5. The minimum atomic E-state index is -0.997. The molecule has 6 heteroatoms. The van der Waals surface area contributed by atoms with Gasteiger partial charge in [-0.1, -0.05) is 109 Å². The van der Waals surface area contributed by atoms with Crippen LogP contribution in [-0.2, 0) is 4.74 Å². The van der Waals surface area contributed by atoms with Crippen molar-refractivity contribution in [2.24, 2.45) is 0 Å². The Labute approximate surface area is 263 Å². The molecule has 238 valence electrons. The summed E-state index contributed by atoms with van der Waals surface area (Å²) in [6, 6.07) is 21.0. The molecule has 0 radical (unpaired) electrons. The van der Waals surface area contributed by atoms with E-state index in [1.54, 1.807) is 48.5 Å². The van der Waals surface area contributed by atoms with Gasteiger partial charge in [-0.15, -0.1) is 0 Å². The van der Waals surface area contributed by atoms with Gasteiger partial charge in [-0.2, -0.15) is 0 Å². The summed E-state index contributed by atoms with van der Waals surface area (Å²) >= 11 is 0. The molecule has 0 aliphatic carbocycles. The van der Waals surface area contributed by atoms with Gasteiger partial charge in [-0.05, 0) is 72.5 Å². The molecule has 3 aromatic carbocycles. The Morgan fingerprint density at radius 2 is 1.07 bits per heavy atom. The fraction of sp³-hybridized carbons (Fsp3) is 0.474. The third-order valence-corrected chi connectivity index (χ3v) is 7.64. The molecular formula is C38H49FO5. The standard InChI is InChI=1S/C38H49FO5/c1-3-5-7-9-10-11-12-14-28-42-37(40)32-18-16-30(17-19-32)31-20-26-36(27-21-31)44-38(41)33-22-24-35(25-23-33)43-29-34(39)15-13-8-6-4-2/h16-27,34H,3-15,28-29H2,1-2H3. The molecule has 0 heterocycles. The zero-order valence-corrected chi connectivity index (χ0v) is 26.5. The van der Waals surface area contributed by atoms with E-state index in [0.717, 1.165) is 49.7 Å². The van der Waals surface area contributed by atoms with E-state index in [1.807, 2.05) is 24.3 Å². The first-order valence-corrected chi connectivity index (χ1v) is 16.5. The maximum atomic E-state index is 14.0. The highest BCUT2D eigenvalue weighted by molar-refractivity contribution is 5.91. The summed E-state index contributed by atoms with van der Waals surface area (Å²) in [6.07, 6.45) is 13.3. The van der Waals surface area contributed by atoms with Crippen LogP contribution in [0.4, 0.5) is 4.39 Å². The van der Waals surface area contributed by atoms with Gasteiger partial charge in [0.15, 0.2) is 0 Å². The Kier molecular flexibility index (Phi) is 16.1. The second-order valence-corrected chi connectivity index (χ2v) is 11.4. The molecule has 0 aliphatic heterocycles. The molecule has 0 saturated carbocycles. The second kappa shape index (κ2) is 20.3. The molecule has 5 nitrogen and oxygen atoms in total. The highest BCUT2D eigenvalue weighted by Gasteiger charge is 2.12. The van der Waals surface area contributed by atoms with E-state index in [0.29, 0.717) is 35.7 Å². The molecule has 0 N–H and O–H groups in total. The molecule has 0 aliphatic rings. The molecule has 0 fully saturated rings. The summed E-state index contributed by atoms with van der Waals surface area (Å²) in [5.41, 5.74) is 2.78. The summed E-state index contributed by atoms with van der Waals surface area (Å²) < 4.78 is 30.6. The van der Waals surface area contributed by atoms with Gasteiger partial charge in [-0.25, -0.2) is 14.0 Å². The highest BCUT2D eigenvalue weighted by atomic mass is 19.1. The zero-order valence-electron chi connectivity index (χ0n) is 26.5. The Hall–Kier alpha value is -3.67. The molecule has 0 bridgehead atoms. The molecule has 3 rings (SSSR count). The van der Waals surface area contributed by atoms with E-state index in [-0.39, 0.29) is 12.6 Å². The highest BCUT2D eigenvalue weighted by Crippen LogP contribution is 2.24. The lowest BCUT2D eigenvalue weighted by molar-refractivity contribution is 0.0497. The Morgan fingerprint density at radius 1 is 0.591 bits per heavy atom. The van der Waals surface area contributed by atoms with Crippen LogP contribution in [0.2, 0.25) is 0 Å². The summed E-state index contributed by atoms with van der Waals surface area (Å²) in [6.45, 7) is 4.82. The van der Waals surface area contributed by atoms with Crippen molar-refractivity contribution < 1.29 is 28.2 Å². The fourth-order valence-electron chi connectivity index (χ4n) is 4.91. The minimum absolute atomic E-state index is 0.00837. The molecule has 0 spiro atoms. The molecule has 1 unspecified atom stereocenters. The second-order valence-electron chi connectivity index (χ2n) is 11.4. The van der Waals surface area contributed by atoms with E-state index in [9.17, 15) is 14.0 Å². The lowest BCUT2D eigenvalue weighted by Gasteiger charge is -2.11. The SMILES string of the molecule is CCCCCCCCCCOC(=O)c1ccc(-c2ccc(OC(=O)c3ccc(OCC(F)CCCCCC)cc3)cc2)cc1. The maximum Gasteiger partial charge on any atom is 0.343 e. The van der Waals surface area contributed by atoms with Crippen LogP contribution in [0.5, 0.6) is 11.5 Å². The van der Waals surface area contributed by atoms with Crippen LogP contribution >= 0.6 is 0 Å². The summed E-state index contributed by atoms with van der Waals surface area (Å²) in [4.78, 5) is 25.0. The predicted octanol–water partition coefficient (Wildman–Crippen LogP) is 10.6. The average molecular weight is 605 g/mol. The number of hydrogen-bond acceptors (Lipinski definition) is 5. The van der Waals surface area contributed by atoms with Crippen molar-refractivity contribution in [2.75, 3.05) is 13.2 Å². The van der Waals surface area contributed by atoms with Crippen molar-refractivity contribution in [1.82, 2.24) is 0 Å². The van der Waals surface area contributed by atoms with Crippen molar-refractivity contribution in [1.29, 1.82) is 0 Å². The number of hydrogen-bond donors (Lipinski definition) is 0. The van der Waals surface area contributed by atoms with Gasteiger partial charge in [-0.3, -0.25) is 0 Å². The van der Waals surface area contributed by atoms with Crippen LogP contribution in [0.1, 0.15) is 118 Å². The molecule has 1 atom stereocenters. The first-order chi connectivity index (χ1) is 21.5. The lowest BCUT2D eigenvalue weighted by atomic mass is 10.0. The van der Waals surface area contributed by atoms with E-state index in [4.69, 9.17) is 14.2 Å². The van der Waals surface area contributed by atoms with Crippen LogP contribution in [0, 0.1) is 0 Å². The minimum Gasteiger partial charge on any atom is -0.491 e. The number of unbranched alkanes of at least 4 members (excludes halogenated alkanes) is 10. The topological polar surface area (TPSA) is 61.8 Å². The van der Waals surface area contributed by atoms with E-state index < -0.39 is 12.1 Å². The third kappa shape index (κ3) is 12.9. The number of benzene rings is 3. The van der Waals surface area contributed by atoms with Crippen LogP contribution in [0.3, 0.4) is 0 Å². The van der Waals surface area contributed by atoms with Crippen LogP contribution in [0.15, 0.2) is 72.8 Å². The fourth-order valence-corrected chi connectivity index (χ4v) is 4.91. The molecular weight excluding hydrogens is 555 g/mol. The van der Waals surface area contributed by atoms with Crippen molar-refractivity contribution in [3.63, 3.8) is 0 Å². The lowest BCUT2D eigenvalue weighted by Crippen LogP contribution is -2.13. The first kappa shape index (κ1) is 34.8. The van der Waals surface area contributed by atoms with Crippen LogP contribution in [0.25, 0.3) is 11.1 Å². The van der Waals surface area contributed by atoms with Gasteiger partial charge in [0, 0.05) is 0 Å². The van der Waals surface area contributed by atoms with E-state index in [1.165, 1.54) is 38.5 Å². The molecule has 0 aromatic heterocycles.